The van der Waals surface area contributed by atoms with Crippen LogP contribution >= 0.6 is 0 Å². The molecule has 28 heavy (non-hydrogen) atoms. The third kappa shape index (κ3) is 3.70. The number of aliphatic imine (C=N–C) groups is 1. The summed E-state index contributed by atoms with van der Waals surface area (Å²) in [6.45, 7) is 8.24. The van der Waals surface area contributed by atoms with Crippen LogP contribution in [0.2, 0.25) is 0 Å². The summed E-state index contributed by atoms with van der Waals surface area (Å²) in [4.78, 5) is 33.9. The molecule has 0 radical (unpaired) electrons. The zero-order chi connectivity index (χ0) is 20.1. The van der Waals surface area contributed by atoms with Gasteiger partial charge in [0.1, 0.15) is 17.3 Å². The van der Waals surface area contributed by atoms with Gasteiger partial charge in [-0.05, 0) is 39.5 Å². The Bertz CT molecular complexity index is 786. The molecule has 0 amide bonds. The number of nitrogens with one attached hydrogen (secondary N) is 1. The van der Waals surface area contributed by atoms with E-state index in [1.807, 2.05) is 4.90 Å². The van der Waals surface area contributed by atoms with E-state index in [4.69, 9.17) is 4.74 Å². The highest BCUT2D eigenvalue weighted by atomic mass is 19.1. The number of amidine groups is 1. The van der Waals surface area contributed by atoms with Crippen molar-refractivity contribution in [1.82, 2.24) is 15.1 Å². The number of piperazine rings is 1. The molecule has 1 unspecified atom stereocenters. The van der Waals surface area contributed by atoms with Crippen LogP contribution in [-0.2, 0) is 14.3 Å². The Morgan fingerprint density at radius 3 is 2.57 bits per heavy atom. The van der Waals surface area contributed by atoms with Crippen molar-refractivity contribution in [2.24, 2.45) is 16.8 Å². The van der Waals surface area contributed by atoms with Gasteiger partial charge in [-0.15, -0.1) is 0 Å². The fraction of sp³-hybridized carbons (Fsp3) is 0.650. The van der Waals surface area contributed by atoms with Crippen molar-refractivity contribution in [1.29, 1.82) is 0 Å². The number of nitrogens with zero attached hydrogens (tertiary/aromatic N) is 3. The SMILES string of the molecule is CC(C)(C)OC(=O)C1CN2C=C(F)C(N3CCNCC3)=NC2=C(C2CC2)C1=O. The number of Topliss-reactive ketones (excluding diaryl/α,β-unsaturated/α-hetero) is 1. The highest BCUT2D eigenvalue weighted by Crippen LogP contribution is 2.44. The lowest BCUT2D eigenvalue weighted by atomic mass is 9.89. The number of ketones is 1. The topological polar surface area (TPSA) is 74.2 Å². The van der Waals surface area contributed by atoms with Crippen LogP contribution in [0, 0.1) is 11.8 Å². The minimum atomic E-state index is -0.946. The summed E-state index contributed by atoms with van der Waals surface area (Å²) in [6, 6.07) is 0. The number of halogens is 1. The van der Waals surface area contributed by atoms with E-state index in [2.05, 4.69) is 10.3 Å². The summed E-state index contributed by atoms with van der Waals surface area (Å²) >= 11 is 0. The van der Waals surface area contributed by atoms with Gasteiger partial charge < -0.3 is 19.9 Å². The summed E-state index contributed by atoms with van der Waals surface area (Å²) < 4.78 is 20.3. The third-order valence-corrected chi connectivity index (χ3v) is 5.26. The van der Waals surface area contributed by atoms with Gasteiger partial charge in [0.2, 0.25) is 0 Å². The fourth-order valence-corrected chi connectivity index (χ4v) is 3.81. The Kier molecular flexibility index (Phi) is 4.77. The van der Waals surface area contributed by atoms with Crippen molar-refractivity contribution in [2.75, 3.05) is 32.7 Å². The maximum Gasteiger partial charge on any atom is 0.319 e. The number of carbonyl (C=O) groups is 2. The summed E-state index contributed by atoms with van der Waals surface area (Å²) in [5.74, 6) is -1.27. The van der Waals surface area contributed by atoms with E-state index in [1.165, 1.54) is 6.20 Å². The summed E-state index contributed by atoms with van der Waals surface area (Å²) in [6.07, 6.45) is 3.17. The molecular formula is C20H27FN4O3. The smallest absolute Gasteiger partial charge is 0.319 e. The number of carbonyl (C=O) groups excluding carboxylic acids is 2. The molecule has 0 spiro atoms. The number of hydrogen-bond donors (Lipinski definition) is 1. The highest BCUT2D eigenvalue weighted by Gasteiger charge is 2.46. The van der Waals surface area contributed by atoms with E-state index in [1.54, 1.807) is 25.7 Å². The summed E-state index contributed by atoms with van der Waals surface area (Å²) in [5, 5.41) is 3.24. The Morgan fingerprint density at radius 2 is 1.96 bits per heavy atom. The lowest BCUT2D eigenvalue weighted by molar-refractivity contribution is -0.162. The van der Waals surface area contributed by atoms with Gasteiger partial charge in [0.25, 0.3) is 0 Å². The average molecular weight is 390 g/mol. The molecule has 4 aliphatic rings. The van der Waals surface area contributed by atoms with E-state index >= 15 is 0 Å². The molecule has 1 saturated heterocycles. The second-order valence-corrected chi connectivity index (χ2v) is 8.76. The van der Waals surface area contributed by atoms with Gasteiger partial charge in [-0.2, -0.15) is 0 Å². The number of fused-ring (bicyclic) bond motifs is 1. The molecule has 7 nitrogen and oxygen atoms in total. The third-order valence-electron chi connectivity index (χ3n) is 5.26. The quantitative estimate of drug-likeness (QED) is 0.570. The Labute approximate surface area is 164 Å². The molecule has 2 fully saturated rings. The first-order valence-electron chi connectivity index (χ1n) is 9.94. The van der Waals surface area contributed by atoms with Crippen molar-refractivity contribution in [3.8, 4) is 0 Å². The van der Waals surface area contributed by atoms with Crippen LogP contribution in [0.15, 0.2) is 28.4 Å². The van der Waals surface area contributed by atoms with Gasteiger partial charge in [-0.3, -0.25) is 9.59 Å². The minimum Gasteiger partial charge on any atom is -0.459 e. The monoisotopic (exact) mass is 390 g/mol. The molecule has 1 N–H and O–H groups in total. The van der Waals surface area contributed by atoms with E-state index in [9.17, 15) is 14.0 Å². The molecule has 1 atom stereocenters. The van der Waals surface area contributed by atoms with Crippen LogP contribution in [0.5, 0.6) is 0 Å². The Morgan fingerprint density at radius 1 is 1.29 bits per heavy atom. The zero-order valence-corrected chi connectivity index (χ0v) is 16.6. The number of ether oxygens (including phenoxy) is 1. The number of rotatable bonds is 2. The largest absolute Gasteiger partial charge is 0.459 e. The van der Waals surface area contributed by atoms with Crippen LogP contribution in [0.1, 0.15) is 33.6 Å². The molecule has 1 saturated carbocycles. The van der Waals surface area contributed by atoms with Crippen molar-refractivity contribution in [3.63, 3.8) is 0 Å². The molecule has 4 rings (SSSR count). The van der Waals surface area contributed by atoms with E-state index in [-0.39, 0.29) is 24.1 Å². The Balaban J connectivity index is 1.68. The zero-order valence-electron chi connectivity index (χ0n) is 16.6. The highest BCUT2D eigenvalue weighted by molar-refractivity contribution is 6.11. The molecule has 0 bridgehead atoms. The van der Waals surface area contributed by atoms with Gasteiger partial charge in [-0.25, -0.2) is 9.38 Å². The van der Waals surface area contributed by atoms with Crippen molar-refractivity contribution in [3.05, 3.63) is 23.4 Å². The normalized spacial score (nSPS) is 26.0. The van der Waals surface area contributed by atoms with Gasteiger partial charge in [0.05, 0.1) is 0 Å². The molecule has 152 valence electrons. The number of hydrogen-bond acceptors (Lipinski definition) is 7. The van der Waals surface area contributed by atoms with Gasteiger partial charge in [0, 0.05) is 44.5 Å². The van der Waals surface area contributed by atoms with Crippen LogP contribution in [0.4, 0.5) is 4.39 Å². The summed E-state index contributed by atoms with van der Waals surface area (Å²) in [7, 11) is 0. The number of allylic oxidation sites excluding steroid dienone is 1. The van der Waals surface area contributed by atoms with Gasteiger partial charge in [0.15, 0.2) is 17.4 Å². The average Bonchev–Trinajstić information content (AvgIpc) is 3.45. The maximum absolute atomic E-state index is 14.8. The first-order valence-corrected chi connectivity index (χ1v) is 9.94. The molecule has 3 aliphatic heterocycles. The molecule has 1 aliphatic carbocycles. The van der Waals surface area contributed by atoms with Crippen LogP contribution in [0.3, 0.4) is 0 Å². The van der Waals surface area contributed by atoms with E-state index in [0.29, 0.717) is 24.5 Å². The van der Waals surface area contributed by atoms with Crippen LogP contribution < -0.4 is 5.32 Å². The maximum atomic E-state index is 14.8. The fourth-order valence-electron chi connectivity index (χ4n) is 3.81. The van der Waals surface area contributed by atoms with Gasteiger partial charge in [-0.1, -0.05) is 0 Å². The lowest BCUT2D eigenvalue weighted by Crippen LogP contribution is -2.49. The van der Waals surface area contributed by atoms with E-state index in [0.717, 1.165) is 25.9 Å². The second kappa shape index (κ2) is 6.99. The van der Waals surface area contributed by atoms with Crippen molar-refractivity contribution < 1.29 is 18.7 Å². The molecule has 0 aromatic rings. The number of esters is 1. The van der Waals surface area contributed by atoms with E-state index < -0.39 is 23.3 Å². The van der Waals surface area contributed by atoms with Crippen molar-refractivity contribution >= 4 is 17.6 Å². The minimum absolute atomic E-state index is 0.0606. The second-order valence-electron chi connectivity index (χ2n) is 8.76. The molecule has 0 aromatic heterocycles. The Hall–Kier alpha value is -2.22. The van der Waals surface area contributed by atoms with Crippen LogP contribution in [-0.4, -0.2) is 65.7 Å². The standard InChI is InChI=1S/C20H27FN4O3/c1-20(2,3)28-19(27)13-10-25-11-14(21)17(24-8-6-22-7-9-24)23-18(25)15(16(13)26)12-4-5-12/h11-13,22H,4-10H2,1-3H3. The predicted octanol–water partition coefficient (Wildman–Crippen LogP) is 1.58. The predicted molar refractivity (Wildman–Crippen MR) is 102 cm³/mol. The molecule has 3 heterocycles. The van der Waals surface area contributed by atoms with Crippen LogP contribution in [0.25, 0.3) is 0 Å². The van der Waals surface area contributed by atoms with Gasteiger partial charge >= 0.3 is 5.97 Å². The summed E-state index contributed by atoms with van der Waals surface area (Å²) in [5.41, 5.74) is -0.129. The first kappa shape index (κ1) is 19.1. The molecule has 0 aromatic carbocycles. The first-order chi connectivity index (χ1) is 13.2. The molecule has 8 heteroatoms. The molecular weight excluding hydrogens is 363 g/mol. The van der Waals surface area contributed by atoms with Crippen molar-refractivity contribution in [2.45, 2.75) is 39.2 Å². The lowest BCUT2D eigenvalue weighted by Gasteiger charge is -2.37.